The van der Waals surface area contributed by atoms with Gasteiger partial charge in [0.25, 0.3) is 0 Å². The normalized spacial score (nSPS) is 13.4. The molecule has 0 bridgehead atoms. The number of nitrogens with zero attached hydrogens (tertiary/aromatic N) is 2. The van der Waals surface area contributed by atoms with E-state index in [1.165, 1.54) is 0 Å². The van der Waals surface area contributed by atoms with E-state index in [0.717, 1.165) is 40.3 Å². The molecule has 1 amide bonds. The Balaban J connectivity index is 1.34. The number of amides is 1. The molecule has 5 rings (SSSR count). The van der Waals surface area contributed by atoms with Crippen LogP contribution in [0.25, 0.3) is 11.0 Å². The van der Waals surface area contributed by atoms with Crippen molar-refractivity contribution in [2.24, 2.45) is 0 Å². The summed E-state index contributed by atoms with van der Waals surface area (Å²) in [4.78, 5) is 17.9. The zero-order valence-corrected chi connectivity index (χ0v) is 19.1. The number of aromatic nitrogens is 2. The van der Waals surface area contributed by atoms with Crippen molar-refractivity contribution in [3.63, 3.8) is 0 Å². The molecule has 0 aliphatic carbocycles. The summed E-state index contributed by atoms with van der Waals surface area (Å²) in [6.45, 7) is 3.55. The molecule has 0 saturated carbocycles. The van der Waals surface area contributed by atoms with Crippen LogP contribution in [0.5, 0.6) is 17.2 Å². The third-order valence-corrected chi connectivity index (χ3v) is 5.86. The summed E-state index contributed by atoms with van der Waals surface area (Å²) < 4.78 is 19.2. The fourth-order valence-electron chi connectivity index (χ4n) is 4.16. The quantitative estimate of drug-likeness (QED) is 0.417. The third-order valence-electron chi connectivity index (χ3n) is 5.86. The number of hydrogen-bond donors (Lipinski definition) is 1. The third kappa shape index (κ3) is 4.69. The van der Waals surface area contributed by atoms with E-state index < -0.39 is 0 Å². The van der Waals surface area contributed by atoms with Crippen molar-refractivity contribution in [3.05, 3.63) is 84.2 Å². The van der Waals surface area contributed by atoms with Gasteiger partial charge >= 0.3 is 0 Å². The van der Waals surface area contributed by atoms with Gasteiger partial charge in [-0.15, -0.1) is 0 Å². The average molecular weight is 458 g/mol. The number of para-hydroxylation sites is 3. The number of ether oxygens (including phenoxy) is 3. The zero-order chi connectivity index (χ0) is 23.3. The van der Waals surface area contributed by atoms with Crippen LogP contribution in [0.3, 0.4) is 0 Å². The molecule has 1 N–H and O–H groups in total. The Morgan fingerprint density at radius 3 is 2.62 bits per heavy atom. The number of imidazole rings is 1. The van der Waals surface area contributed by atoms with E-state index in [1.54, 1.807) is 0 Å². The Hall–Kier alpha value is -4.00. The van der Waals surface area contributed by atoms with Gasteiger partial charge in [-0.05, 0) is 48.4 Å². The predicted octanol–water partition coefficient (Wildman–Crippen LogP) is 4.65. The van der Waals surface area contributed by atoms with Crippen molar-refractivity contribution < 1.29 is 19.0 Å². The molecule has 7 heteroatoms. The maximum Gasteiger partial charge on any atom is 0.240 e. The van der Waals surface area contributed by atoms with Crippen LogP contribution in [-0.2, 0) is 17.9 Å². The minimum Gasteiger partial charge on any atom is -0.486 e. The molecule has 0 saturated heterocycles. The van der Waals surface area contributed by atoms with Crippen molar-refractivity contribution in [3.8, 4) is 17.2 Å². The SMILES string of the molecule is CCC(NC(=O)Cn1c(COc2ccccc2)nc2ccccc21)c1ccc2c(c1)OCCO2. The van der Waals surface area contributed by atoms with E-state index in [2.05, 4.69) is 5.32 Å². The van der Waals surface area contributed by atoms with Crippen molar-refractivity contribution in [1.82, 2.24) is 14.9 Å². The summed E-state index contributed by atoms with van der Waals surface area (Å²) in [5, 5.41) is 3.17. The van der Waals surface area contributed by atoms with Gasteiger partial charge in [0.2, 0.25) is 5.91 Å². The van der Waals surface area contributed by atoms with Crippen LogP contribution in [0, 0.1) is 0 Å². The summed E-state index contributed by atoms with van der Waals surface area (Å²) in [5.41, 5.74) is 2.72. The lowest BCUT2D eigenvalue weighted by Crippen LogP contribution is -2.32. The van der Waals surface area contributed by atoms with E-state index in [-0.39, 0.29) is 25.1 Å². The number of rotatable bonds is 8. The Kier molecular flexibility index (Phi) is 6.33. The molecular weight excluding hydrogens is 430 g/mol. The first kappa shape index (κ1) is 21.8. The number of fused-ring (bicyclic) bond motifs is 2. The summed E-state index contributed by atoms with van der Waals surface area (Å²) >= 11 is 0. The Morgan fingerprint density at radius 1 is 1.03 bits per heavy atom. The van der Waals surface area contributed by atoms with E-state index in [0.29, 0.717) is 19.0 Å². The lowest BCUT2D eigenvalue weighted by molar-refractivity contribution is -0.122. The summed E-state index contributed by atoms with van der Waals surface area (Å²) in [7, 11) is 0. The van der Waals surface area contributed by atoms with Crippen LogP contribution in [0.15, 0.2) is 72.8 Å². The van der Waals surface area contributed by atoms with Gasteiger partial charge < -0.3 is 24.1 Å². The number of hydrogen-bond acceptors (Lipinski definition) is 5. The average Bonchev–Trinajstić information content (AvgIpc) is 3.23. The standard InChI is InChI=1S/C27H27N3O4/c1-2-21(19-12-13-24-25(16-19)33-15-14-32-24)29-27(31)17-30-23-11-7-6-10-22(23)28-26(30)18-34-20-8-4-3-5-9-20/h3-13,16,21H,2,14-15,17-18H2,1H3,(H,29,31). The summed E-state index contributed by atoms with van der Waals surface area (Å²) in [6.07, 6.45) is 0.750. The Morgan fingerprint density at radius 2 is 1.79 bits per heavy atom. The van der Waals surface area contributed by atoms with E-state index in [4.69, 9.17) is 19.2 Å². The molecule has 1 atom stereocenters. The smallest absolute Gasteiger partial charge is 0.240 e. The van der Waals surface area contributed by atoms with Gasteiger partial charge in [0.05, 0.1) is 17.1 Å². The van der Waals surface area contributed by atoms with Gasteiger partial charge in [0.15, 0.2) is 11.5 Å². The van der Waals surface area contributed by atoms with Gasteiger partial charge in [0.1, 0.15) is 37.9 Å². The lowest BCUT2D eigenvalue weighted by atomic mass is 10.0. The Labute approximate surface area is 198 Å². The lowest BCUT2D eigenvalue weighted by Gasteiger charge is -2.22. The first-order valence-corrected chi connectivity index (χ1v) is 11.5. The van der Waals surface area contributed by atoms with E-state index in [1.807, 2.05) is 84.3 Å². The predicted molar refractivity (Wildman–Crippen MR) is 129 cm³/mol. The highest BCUT2D eigenvalue weighted by Crippen LogP contribution is 2.33. The number of carbonyl (C=O) groups excluding carboxylic acids is 1. The Bertz CT molecular complexity index is 1290. The molecule has 7 nitrogen and oxygen atoms in total. The topological polar surface area (TPSA) is 74.6 Å². The van der Waals surface area contributed by atoms with Gasteiger partial charge in [0, 0.05) is 0 Å². The molecule has 1 aliphatic rings. The van der Waals surface area contributed by atoms with Gasteiger partial charge in [-0.25, -0.2) is 4.98 Å². The molecule has 34 heavy (non-hydrogen) atoms. The second kappa shape index (κ2) is 9.87. The molecule has 3 aromatic carbocycles. The monoisotopic (exact) mass is 457 g/mol. The van der Waals surface area contributed by atoms with Crippen molar-refractivity contribution in [1.29, 1.82) is 0 Å². The van der Waals surface area contributed by atoms with Crippen molar-refractivity contribution >= 4 is 16.9 Å². The van der Waals surface area contributed by atoms with Crippen LogP contribution in [0.4, 0.5) is 0 Å². The van der Waals surface area contributed by atoms with E-state index in [9.17, 15) is 4.79 Å². The molecule has 0 fully saturated rings. The first-order chi connectivity index (χ1) is 16.7. The largest absolute Gasteiger partial charge is 0.486 e. The molecule has 174 valence electrons. The second-order valence-corrected chi connectivity index (χ2v) is 8.14. The zero-order valence-electron chi connectivity index (χ0n) is 19.1. The molecule has 1 aromatic heterocycles. The molecular formula is C27H27N3O4. The van der Waals surface area contributed by atoms with Crippen LogP contribution in [0.1, 0.15) is 30.8 Å². The molecule has 4 aromatic rings. The summed E-state index contributed by atoms with van der Waals surface area (Å²) in [5.74, 6) is 2.83. The van der Waals surface area contributed by atoms with Crippen molar-refractivity contribution in [2.45, 2.75) is 32.5 Å². The maximum absolute atomic E-state index is 13.2. The summed E-state index contributed by atoms with van der Waals surface area (Å²) in [6, 6.07) is 23.1. The van der Waals surface area contributed by atoms with Crippen molar-refractivity contribution in [2.75, 3.05) is 13.2 Å². The minimum atomic E-state index is -0.137. The van der Waals surface area contributed by atoms with Crippen LogP contribution in [-0.4, -0.2) is 28.7 Å². The van der Waals surface area contributed by atoms with Crippen LogP contribution < -0.4 is 19.5 Å². The maximum atomic E-state index is 13.2. The van der Waals surface area contributed by atoms with Gasteiger partial charge in [-0.1, -0.05) is 43.3 Å². The fourth-order valence-corrected chi connectivity index (χ4v) is 4.16. The highest BCUT2D eigenvalue weighted by atomic mass is 16.6. The molecule has 1 aliphatic heterocycles. The molecule has 0 radical (unpaired) electrons. The van der Waals surface area contributed by atoms with E-state index >= 15 is 0 Å². The van der Waals surface area contributed by atoms with Gasteiger partial charge in [-0.2, -0.15) is 0 Å². The first-order valence-electron chi connectivity index (χ1n) is 11.5. The molecule has 0 spiro atoms. The number of nitrogens with one attached hydrogen (secondary N) is 1. The van der Waals surface area contributed by atoms with Gasteiger partial charge in [-0.3, -0.25) is 4.79 Å². The van der Waals surface area contributed by atoms with Crippen LogP contribution >= 0.6 is 0 Å². The highest BCUT2D eigenvalue weighted by molar-refractivity contribution is 5.81. The number of benzene rings is 3. The number of carbonyl (C=O) groups is 1. The fraction of sp³-hybridized carbons (Fsp3) is 0.259. The highest BCUT2D eigenvalue weighted by Gasteiger charge is 2.20. The molecule has 2 heterocycles. The minimum absolute atomic E-state index is 0.0918. The van der Waals surface area contributed by atoms with Crippen LogP contribution in [0.2, 0.25) is 0 Å². The molecule has 1 unspecified atom stereocenters. The second-order valence-electron chi connectivity index (χ2n) is 8.14.